The lowest BCUT2D eigenvalue weighted by Gasteiger charge is -2.21. The molecule has 0 heterocycles. The van der Waals surface area contributed by atoms with Crippen molar-refractivity contribution in [3.8, 4) is 0 Å². The van der Waals surface area contributed by atoms with Crippen LogP contribution >= 0.6 is 15.6 Å². The number of phosphoric acid groups is 2. The molecule has 5 atom stereocenters. The van der Waals surface area contributed by atoms with Crippen LogP contribution in [-0.4, -0.2) is 96.7 Å². The molecule has 0 bridgehead atoms. The van der Waals surface area contributed by atoms with Gasteiger partial charge in [0, 0.05) is 25.7 Å². The second kappa shape index (κ2) is 79.3. The van der Waals surface area contributed by atoms with Gasteiger partial charge in [0.15, 0.2) is 12.2 Å². The van der Waals surface area contributed by atoms with Crippen molar-refractivity contribution in [1.29, 1.82) is 0 Å². The molecule has 0 saturated heterocycles. The molecule has 0 aliphatic carbocycles. The predicted octanol–water partition coefficient (Wildman–Crippen LogP) is 24.3. The number of phosphoric ester groups is 2. The van der Waals surface area contributed by atoms with Crippen molar-refractivity contribution >= 4 is 39.5 Å². The van der Waals surface area contributed by atoms with E-state index in [4.69, 9.17) is 37.0 Å². The molecule has 0 fully saturated rings. The number of hydrogen-bond donors (Lipinski definition) is 3. The van der Waals surface area contributed by atoms with Gasteiger partial charge in [-0.05, 0) is 167 Å². The molecule has 0 aliphatic heterocycles. The third kappa shape index (κ3) is 78.3. The Balaban J connectivity index is 5.48. The van der Waals surface area contributed by atoms with E-state index in [0.29, 0.717) is 32.1 Å². The standard InChI is InChI=1S/C89H144O17P2/c1-5-9-13-17-21-25-29-33-36-39-41-44-46-50-53-57-61-65-69-73-86(91)99-79-84(105-88(93)75-71-67-63-59-55-49-32-28-24-20-16-12-8-4)81-103-107(95,96)101-77-83(90)78-102-108(97,98)104-82-85(106-89(94)76-72-68-64-60-56-52-48-43-38-35-31-27-23-19-15-11-7-3)80-100-87(92)74-70-66-62-58-54-51-47-45-42-40-37-34-30-26-22-18-14-10-6-2/h9,11,13,15-16,20-23,25-28,32-38,41-42,44-45,48,50,52-53,61,65,83-85,90H,5-8,10,12,14,17-19,24,29-31,39-40,43,46-47,49,51,54-60,62-64,66-82H2,1-4H3,(H,95,96)(H,97,98)/b13-9-,15-11-,20-16-,25-21-,26-22-,27-23-,32-28-,36-33-,37-34-,38-35-,44-41-,45-42-,52-48-,53-50-,65-61-. The van der Waals surface area contributed by atoms with Crippen LogP contribution in [0.5, 0.6) is 0 Å². The van der Waals surface area contributed by atoms with E-state index in [1.807, 2.05) is 18.2 Å². The van der Waals surface area contributed by atoms with E-state index in [-0.39, 0.29) is 25.7 Å². The van der Waals surface area contributed by atoms with E-state index < -0.39 is 97.5 Å². The lowest BCUT2D eigenvalue weighted by Crippen LogP contribution is -2.30. The molecule has 5 unspecified atom stereocenters. The Labute approximate surface area is 654 Å². The largest absolute Gasteiger partial charge is 0.472 e. The highest BCUT2D eigenvalue weighted by Crippen LogP contribution is 2.45. The van der Waals surface area contributed by atoms with E-state index in [9.17, 15) is 43.2 Å². The minimum Gasteiger partial charge on any atom is -0.462 e. The van der Waals surface area contributed by atoms with Crippen LogP contribution in [0.25, 0.3) is 0 Å². The second-order valence-electron chi connectivity index (χ2n) is 26.6. The minimum absolute atomic E-state index is 0.0262. The van der Waals surface area contributed by atoms with Crippen molar-refractivity contribution < 1.29 is 80.2 Å². The van der Waals surface area contributed by atoms with Gasteiger partial charge in [0.2, 0.25) is 0 Å². The molecule has 0 radical (unpaired) electrons. The van der Waals surface area contributed by atoms with Crippen molar-refractivity contribution in [3.05, 3.63) is 182 Å². The highest BCUT2D eigenvalue weighted by atomic mass is 31.2. The molecule has 0 spiro atoms. The lowest BCUT2D eigenvalue weighted by molar-refractivity contribution is -0.161. The summed E-state index contributed by atoms with van der Waals surface area (Å²) in [6, 6.07) is 0. The van der Waals surface area contributed by atoms with Gasteiger partial charge >= 0.3 is 39.5 Å². The maximum Gasteiger partial charge on any atom is 0.472 e. The third-order valence-corrected chi connectivity index (χ3v) is 18.2. The summed E-state index contributed by atoms with van der Waals surface area (Å²) in [5.41, 5.74) is 0. The van der Waals surface area contributed by atoms with E-state index in [1.165, 1.54) is 19.3 Å². The number of aliphatic hydroxyl groups excluding tert-OH is 1. The van der Waals surface area contributed by atoms with Crippen LogP contribution in [-0.2, 0) is 65.4 Å². The van der Waals surface area contributed by atoms with Crippen molar-refractivity contribution in [1.82, 2.24) is 0 Å². The number of aliphatic hydroxyl groups is 1. The Morgan fingerprint density at radius 2 is 0.519 bits per heavy atom. The van der Waals surface area contributed by atoms with Gasteiger partial charge in [-0.25, -0.2) is 9.13 Å². The number of carbonyl (C=O) groups is 4. The first-order valence-electron chi connectivity index (χ1n) is 41.0. The normalized spacial score (nSPS) is 14.8. The monoisotopic (exact) mass is 1550 g/mol. The van der Waals surface area contributed by atoms with Crippen molar-refractivity contribution in [2.75, 3.05) is 39.6 Å². The first-order chi connectivity index (χ1) is 52.7. The fourth-order valence-corrected chi connectivity index (χ4v) is 11.7. The number of unbranched alkanes of at least 4 members (excludes halogenated alkanes) is 19. The third-order valence-electron chi connectivity index (χ3n) is 16.3. The SMILES string of the molecule is CC/C=C\C/C=C\C/C=C\C/C=C\C/C=C\C/C=C\CCC(=O)OCC(COP(=O)(O)OCC(O)COP(=O)(O)OCC(COC(=O)CCCCCCCC/C=C\C/C=C\C/C=C\CCCCC)OC(=O)CCCCCC/C=C\C/C=C\C/C=C\C/C=C\CC)OC(=O)CCCCCCC/C=C\C/C=C\CCC. The van der Waals surface area contributed by atoms with E-state index >= 15 is 0 Å². The second-order valence-corrected chi connectivity index (χ2v) is 29.5. The quantitative estimate of drug-likeness (QED) is 0.0169. The first kappa shape index (κ1) is 102. The maximum absolute atomic E-state index is 13.1. The highest BCUT2D eigenvalue weighted by molar-refractivity contribution is 7.47. The summed E-state index contributed by atoms with van der Waals surface area (Å²) in [7, 11) is -10.0. The highest BCUT2D eigenvalue weighted by Gasteiger charge is 2.30. The molecule has 19 heteroatoms. The number of rotatable bonds is 75. The molecule has 108 heavy (non-hydrogen) atoms. The summed E-state index contributed by atoms with van der Waals surface area (Å²) in [6.07, 6.45) is 95.9. The summed E-state index contributed by atoms with van der Waals surface area (Å²) >= 11 is 0. The Hall–Kier alpha value is -5.84. The Morgan fingerprint density at radius 1 is 0.269 bits per heavy atom. The van der Waals surface area contributed by atoms with Crippen molar-refractivity contribution in [3.63, 3.8) is 0 Å². The van der Waals surface area contributed by atoms with Crippen LogP contribution < -0.4 is 0 Å². The maximum atomic E-state index is 13.1. The first-order valence-corrected chi connectivity index (χ1v) is 44.0. The van der Waals surface area contributed by atoms with Gasteiger partial charge < -0.3 is 33.8 Å². The number of esters is 4. The number of hydrogen-bond acceptors (Lipinski definition) is 15. The topological polar surface area (TPSA) is 237 Å². The summed E-state index contributed by atoms with van der Waals surface area (Å²) in [5, 5.41) is 10.7. The summed E-state index contributed by atoms with van der Waals surface area (Å²) < 4.78 is 68.6. The zero-order valence-corrected chi connectivity index (χ0v) is 68.7. The van der Waals surface area contributed by atoms with E-state index in [2.05, 4.69) is 192 Å². The van der Waals surface area contributed by atoms with Gasteiger partial charge in [-0.15, -0.1) is 0 Å². The van der Waals surface area contributed by atoms with E-state index in [0.717, 1.165) is 193 Å². The zero-order valence-electron chi connectivity index (χ0n) is 66.9. The molecule has 0 saturated carbocycles. The van der Waals surface area contributed by atoms with Gasteiger partial charge in [0.25, 0.3) is 0 Å². The number of ether oxygens (including phenoxy) is 4. The summed E-state index contributed by atoms with van der Waals surface area (Å²) in [5.74, 6) is -2.34. The molecule has 0 aromatic carbocycles. The average molecular weight is 1550 g/mol. The van der Waals surface area contributed by atoms with E-state index in [1.54, 1.807) is 0 Å². The minimum atomic E-state index is -5.01. The van der Waals surface area contributed by atoms with Crippen LogP contribution in [0.2, 0.25) is 0 Å². The van der Waals surface area contributed by atoms with Crippen LogP contribution in [0.15, 0.2) is 182 Å². The Bertz CT molecular complexity index is 2760. The predicted molar refractivity (Wildman–Crippen MR) is 445 cm³/mol. The van der Waals surface area contributed by atoms with Gasteiger partial charge in [-0.3, -0.25) is 37.3 Å². The molecule has 0 aromatic rings. The molecule has 0 aliphatic rings. The number of carbonyl (C=O) groups excluding carboxylic acids is 4. The molecule has 612 valence electrons. The molecule has 0 aromatic heterocycles. The number of allylic oxidation sites excluding steroid dienone is 30. The average Bonchev–Trinajstić information content (AvgIpc) is 0.916. The van der Waals surface area contributed by atoms with Crippen LogP contribution in [0.1, 0.15) is 297 Å². The molecule has 0 amide bonds. The molecule has 17 nitrogen and oxygen atoms in total. The van der Waals surface area contributed by atoms with Crippen LogP contribution in [0.3, 0.4) is 0 Å². The molecule has 0 rings (SSSR count). The smallest absolute Gasteiger partial charge is 0.462 e. The lowest BCUT2D eigenvalue weighted by atomic mass is 10.1. The van der Waals surface area contributed by atoms with Crippen LogP contribution in [0.4, 0.5) is 0 Å². The molecule has 3 N–H and O–H groups in total. The van der Waals surface area contributed by atoms with Gasteiger partial charge in [-0.1, -0.05) is 287 Å². The van der Waals surface area contributed by atoms with Crippen molar-refractivity contribution in [2.45, 2.75) is 316 Å². The fourth-order valence-electron chi connectivity index (χ4n) is 10.2. The summed E-state index contributed by atoms with van der Waals surface area (Å²) in [4.78, 5) is 73.1. The van der Waals surface area contributed by atoms with Gasteiger partial charge in [0.05, 0.1) is 26.4 Å². The zero-order chi connectivity index (χ0) is 78.9. The van der Waals surface area contributed by atoms with Gasteiger partial charge in [-0.2, -0.15) is 0 Å². The molecular weight excluding hydrogens is 1400 g/mol. The Kier molecular flexibility index (Phi) is 75.0. The fraction of sp³-hybridized carbons (Fsp3) is 0.618. The Morgan fingerprint density at radius 3 is 0.833 bits per heavy atom. The molecular formula is C89H144O17P2. The van der Waals surface area contributed by atoms with Crippen molar-refractivity contribution in [2.24, 2.45) is 0 Å². The van der Waals surface area contributed by atoms with Gasteiger partial charge in [0.1, 0.15) is 19.3 Å². The summed E-state index contributed by atoms with van der Waals surface area (Å²) in [6.45, 7) is 4.40. The van der Waals surface area contributed by atoms with Crippen LogP contribution in [0, 0.1) is 0 Å².